The number of rotatable bonds is 6. The van der Waals surface area contributed by atoms with E-state index in [1.54, 1.807) is 7.11 Å². The second-order valence-electron chi connectivity index (χ2n) is 5.06. The van der Waals surface area contributed by atoms with Gasteiger partial charge in [-0.15, -0.1) is 0 Å². The molecule has 2 aromatic rings. The first kappa shape index (κ1) is 14.6. The minimum Gasteiger partial charge on any atom is -0.496 e. The Morgan fingerprint density at radius 1 is 1.00 bits per heavy atom. The zero-order chi connectivity index (χ0) is 14.4. The van der Waals surface area contributed by atoms with Gasteiger partial charge in [-0.3, -0.25) is 0 Å². The van der Waals surface area contributed by atoms with Crippen molar-refractivity contribution in [2.45, 2.75) is 26.8 Å². The van der Waals surface area contributed by atoms with Crippen molar-refractivity contribution in [2.24, 2.45) is 0 Å². The van der Waals surface area contributed by atoms with Gasteiger partial charge in [0.2, 0.25) is 0 Å². The highest BCUT2D eigenvalue weighted by Crippen LogP contribution is 2.26. The van der Waals surface area contributed by atoms with E-state index in [1.807, 2.05) is 6.07 Å². The normalized spacial score (nSPS) is 10.6. The van der Waals surface area contributed by atoms with Crippen LogP contribution in [0.4, 0.5) is 0 Å². The van der Waals surface area contributed by atoms with Gasteiger partial charge in [-0.05, 0) is 54.3 Å². The van der Waals surface area contributed by atoms with Crippen molar-refractivity contribution in [3.05, 3.63) is 53.6 Å². The van der Waals surface area contributed by atoms with E-state index in [9.17, 15) is 0 Å². The van der Waals surface area contributed by atoms with Crippen molar-refractivity contribution in [3.63, 3.8) is 0 Å². The van der Waals surface area contributed by atoms with E-state index in [4.69, 9.17) is 4.74 Å². The van der Waals surface area contributed by atoms with Crippen LogP contribution >= 0.6 is 0 Å². The van der Waals surface area contributed by atoms with Gasteiger partial charge in [0.1, 0.15) is 5.75 Å². The third kappa shape index (κ3) is 3.61. The molecule has 0 unspecified atom stereocenters. The second kappa shape index (κ2) is 7.11. The van der Waals surface area contributed by atoms with Crippen LogP contribution in [-0.2, 0) is 6.54 Å². The Kier molecular flexibility index (Phi) is 5.19. The average molecular weight is 269 g/mol. The Balaban J connectivity index is 2.11. The molecule has 0 aliphatic rings. The monoisotopic (exact) mass is 269 g/mol. The van der Waals surface area contributed by atoms with Crippen molar-refractivity contribution >= 4 is 0 Å². The Morgan fingerprint density at radius 2 is 1.70 bits per heavy atom. The number of ether oxygens (including phenoxy) is 1. The molecule has 0 radical (unpaired) electrons. The number of hydrogen-bond acceptors (Lipinski definition) is 2. The van der Waals surface area contributed by atoms with E-state index in [2.05, 4.69) is 55.6 Å². The Bertz CT molecular complexity index is 546. The highest BCUT2D eigenvalue weighted by Gasteiger charge is 2.02. The molecule has 1 N–H and O–H groups in total. The van der Waals surface area contributed by atoms with Gasteiger partial charge >= 0.3 is 0 Å². The fraction of sp³-hybridized carbons (Fsp3) is 0.333. The minimum atomic E-state index is 0.939. The van der Waals surface area contributed by atoms with Gasteiger partial charge in [0, 0.05) is 6.54 Å². The largest absolute Gasteiger partial charge is 0.496 e. The summed E-state index contributed by atoms with van der Waals surface area (Å²) in [7, 11) is 1.71. The van der Waals surface area contributed by atoms with Crippen LogP contribution in [0.3, 0.4) is 0 Å². The summed E-state index contributed by atoms with van der Waals surface area (Å²) in [5.74, 6) is 0.939. The van der Waals surface area contributed by atoms with Crippen molar-refractivity contribution < 1.29 is 4.74 Å². The Hall–Kier alpha value is -1.80. The van der Waals surface area contributed by atoms with E-state index in [1.165, 1.54) is 28.7 Å². The lowest BCUT2D eigenvalue weighted by molar-refractivity contribution is 0.412. The summed E-state index contributed by atoms with van der Waals surface area (Å²) >= 11 is 0. The zero-order valence-electron chi connectivity index (χ0n) is 12.6. The number of hydrogen-bond donors (Lipinski definition) is 1. The van der Waals surface area contributed by atoms with Crippen molar-refractivity contribution in [2.75, 3.05) is 13.7 Å². The summed E-state index contributed by atoms with van der Waals surface area (Å²) in [6.07, 6.45) is 1.17. The first-order valence-electron chi connectivity index (χ1n) is 7.19. The van der Waals surface area contributed by atoms with Crippen molar-refractivity contribution in [1.82, 2.24) is 5.32 Å². The lowest BCUT2D eigenvalue weighted by Crippen LogP contribution is -2.13. The van der Waals surface area contributed by atoms with E-state index in [-0.39, 0.29) is 0 Å². The smallest absolute Gasteiger partial charge is 0.121 e. The van der Waals surface area contributed by atoms with Gasteiger partial charge in [0.25, 0.3) is 0 Å². The van der Waals surface area contributed by atoms with Crippen molar-refractivity contribution in [3.8, 4) is 16.9 Å². The molecule has 0 spiro atoms. The first-order valence-corrected chi connectivity index (χ1v) is 7.19. The van der Waals surface area contributed by atoms with Crippen LogP contribution in [0.15, 0.2) is 42.5 Å². The van der Waals surface area contributed by atoms with Crippen LogP contribution in [0.25, 0.3) is 11.1 Å². The lowest BCUT2D eigenvalue weighted by atomic mass is 10.0. The topological polar surface area (TPSA) is 21.3 Å². The molecule has 2 rings (SSSR count). The van der Waals surface area contributed by atoms with E-state index in [0.717, 1.165) is 18.8 Å². The highest BCUT2D eigenvalue weighted by atomic mass is 16.5. The predicted molar refractivity (Wildman–Crippen MR) is 85.2 cm³/mol. The maximum atomic E-state index is 5.30. The molecule has 106 valence electrons. The maximum absolute atomic E-state index is 5.30. The minimum absolute atomic E-state index is 0.939. The predicted octanol–water partition coefficient (Wildman–Crippen LogP) is 4.17. The second-order valence-corrected chi connectivity index (χ2v) is 5.06. The molecule has 20 heavy (non-hydrogen) atoms. The molecule has 0 bridgehead atoms. The molecule has 0 amide bonds. The number of aryl methyl sites for hydroxylation is 1. The van der Waals surface area contributed by atoms with Gasteiger partial charge in [0.15, 0.2) is 0 Å². The Morgan fingerprint density at radius 3 is 2.30 bits per heavy atom. The third-order valence-electron chi connectivity index (χ3n) is 3.44. The fourth-order valence-corrected chi connectivity index (χ4v) is 2.28. The summed E-state index contributed by atoms with van der Waals surface area (Å²) < 4.78 is 5.30. The van der Waals surface area contributed by atoms with E-state index in [0.29, 0.717) is 0 Å². The standard InChI is InChI=1S/C18H23NO/c1-4-11-19-13-15-5-7-16(8-6-15)17-9-10-18(20-3)14(2)12-17/h5-10,12,19H,4,11,13H2,1-3H3. The number of nitrogens with one attached hydrogen (secondary N) is 1. The maximum Gasteiger partial charge on any atom is 0.121 e. The summed E-state index contributed by atoms with van der Waals surface area (Å²) in [5.41, 5.74) is 4.97. The summed E-state index contributed by atoms with van der Waals surface area (Å²) in [5, 5.41) is 3.42. The van der Waals surface area contributed by atoms with Crippen LogP contribution in [0, 0.1) is 6.92 Å². The van der Waals surface area contributed by atoms with Gasteiger partial charge in [-0.1, -0.05) is 37.3 Å². The molecular formula is C18H23NO. The van der Waals surface area contributed by atoms with Crippen LogP contribution < -0.4 is 10.1 Å². The van der Waals surface area contributed by atoms with Crippen LogP contribution in [0.2, 0.25) is 0 Å². The molecule has 0 heterocycles. The number of benzene rings is 2. The van der Waals surface area contributed by atoms with Crippen molar-refractivity contribution in [1.29, 1.82) is 0 Å². The van der Waals surface area contributed by atoms with Crippen LogP contribution in [0.1, 0.15) is 24.5 Å². The fourth-order valence-electron chi connectivity index (χ4n) is 2.28. The molecule has 0 atom stereocenters. The average Bonchev–Trinajstić information content (AvgIpc) is 2.48. The molecule has 0 fully saturated rings. The van der Waals surface area contributed by atoms with E-state index < -0.39 is 0 Å². The molecule has 0 aliphatic heterocycles. The quantitative estimate of drug-likeness (QED) is 0.795. The van der Waals surface area contributed by atoms with E-state index >= 15 is 0 Å². The van der Waals surface area contributed by atoms with Gasteiger partial charge in [0.05, 0.1) is 7.11 Å². The first-order chi connectivity index (χ1) is 9.74. The zero-order valence-corrected chi connectivity index (χ0v) is 12.6. The number of methoxy groups -OCH3 is 1. The summed E-state index contributed by atoms with van der Waals surface area (Å²) in [6, 6.07) is 15.1. The SMILES string of the molecule is CCCNCc1ccc(-c2ccc(OC)c(C)c2)cc1. The molecular weight excluding hydrogens is 246 g/mol. The Labute approximate surface area is 121 Å². The van der Waals surface area contributed by atoms with Gasteiger partial charge < -0.3 is 10.1 Å². The lowest BCUT2D eigenvalue weighted by Gasteiger charge is -2.09. The summed E-state index contributed by atoms with van der Waals surface area (Å²) in [6.45, 7) is 6.27. The highest BCUT2D eigenvalue weighted by molar-refractivity contribution is 5.65. The van der Waals surface area contributed by atoms with Gasteiger partial charge in [-0.2, -0.15) is 0 Å². The third-order valence-corrected chi connectivity index (χ3v) is 3.44. The molecule has 2 nitrogen and oxygen atoms in total. The molecule has 2 heteroatoms. The molecule has 0 aromatic heterocycles. The molecule has 0 saturated carbocycles. The van der Waals surface area contributed by atoms with Gasteiger partial charge in [-0.25, -0.2) is 0 Å². The molecule has 0 aliphatic carbocycles. The van der Waals surface area contributed by atoms with Crippen LogP contribution in [0.5, 0.6) is 5.75 Å². The molecule has 2 aromatic carbocycles. The van der Waals surface area contributed by atoms with Crippen LogP contribution in [-0.4, -0.2) is 13.7 Å². The summed E-state index contributed by atoms with van der Waals surface area (Å²) in [4.78, 5) is 0. The molecule has 0 saturated heterocycles.